The van der Waals surface area contributed by atoms with Gasteiger partial charge in [0.05, 0.1) is 17.6 Å². The zero-order chi connectivity index (χ0) is 27.9. The van der Waals surface area contributed by atoms with Crippen LogP contribution in [0.25, 0.3) is 11.3 Å². The summed E-state index contributed by atoms with van der Waals surface area (Å²) in [6.07, 6.45) is 0.587. The second-order valence-corrected chi connectivity index (χ2v) is 10.1. The molecule has 2 aromatic carbocycles. The molecular formula is C29H34F2N4O4. The Morgan fingerprint density at radius 3 is 2.72 bits per heavy atom. The minimum absolute atomic E-state index is 0.0148. The fourth-order valence-corrected chi connectivity index (χ4v) is 5.07. The van der Waals surface area contributed by atoms with Gasteiger partial charge in [0.1, 0.15) is 11.6 Å². The van der Waals surface area contributed by atoms with E-state index < -0.39 is 23.6 Å². The quantitative estimate of drug-likeness (QED) is 0.364. The lowest BCUT2D eigenvalue weighted by Gasteiger charge is -2.38. The molecule has 0 radical (unpaired) electrons. The first-order valence-electron chi connectivity index (χ1n) is 13.1. The second kappa shape index (κ2) is 12.9. The van der Waals surface area contributed by atoms with E-state index in [1.807, 2.05) is 44.3 Å². The molecule has 0 aliphatic carbocycles. The van der Waals surface area contributed by atoms with Gasteiger partial charge in [0, 0.05) is 38.8 Å². The second-order valence-electron chi connectivity index (χ2n) is 10.1. The first-order chi connectivity index (χ1) is 18.7. The molecule has 0 bridgehead atoms. The number of aliphatic hydroxyl groups is 1. The van der Waals surface area contributed by atoms with Crippen molar-refractivity contribution in [1.82, 2.24) is 20.7 Å². The van der Waals surface area contributed by atoms with E-state index in [9.17, 15) is 23.5 Å². The standard InChI is InChI=1S/C29H34F2N4O4/c1-18(21-10-12-32-16-23(21)29(38)35(2)13-11-19-6-4-3-5-7-19)26(36)17-33-28(37)25-15-27(39-34-25)22-9-8-20(30)14-24(22)31/h3-9,14-15,18,21,23,26,32,36H,10-13,16-17H2,1-2H3,(H,33,37)/t18-,21-,23+,26-/m1/s1. The van der Waals surface area contributed by atoms with Gasteiger partial charge in [0.2, 0.25) is 5.91 Å². The number of hydrogen-bond acceptors (Lipinski definition) is 6. The Morgan fingerprint density at radius 2 is 1.97 bits per heavy atom. The minimum atomic E-state index is -0.900. The van der Waals surface area contributed by atoms with Crippen LogP contribution in [0.4, 0.5) is 8.78 Å². The lowest BCUT2D eigenvalue weighted by molar-refractivity contribution is -0.138. The molecule has 3 N–H and O–H groups in total. The monoisotopic (exact) mass is 540 g/mol. The Balaban J connectivity index is 1.32. The lowest BCUT2D eigenvalue weighted by Crippen LogP contribution is -2.50. The van der Waals surface area contributed by atoms with Crippen molar-refractivity contribution < 1.29 is 28.0 Å². The average molecular weight is 541 g/mol. The molecule has 0 unspecified atom stereocenters. The van der Waals surface area contributed by atoms with Crippen LogP contribution >= 0.6 is 0 Å². The van der Waals surface area contributed by atoms with Crippen LogP contribution in [0.5, 0.6) is 0 Å². The molecule has 2 heterocycles. The Bertz CT molecular complexity index is 1270. The third-order valence-corrected chi connectivity index (χ3v) is 7.50. The van der Waals surface area contributed by atoms with Crippen molar-refractivity contribution in [2.45, 2.75) is 25.9 Å². The number of aliphatic hydroxyl groups excluding tert-OH is 1. The van der Waals surface area contributed by atoms with Crippen molar-refractivity contribution in [1.29, 1.82) is 0 Å². The Kier molecular flexibility index (Phi) is 9.42. The van der Waals surface area contributed by atoms with Crippen molar-refractivity contribution in [2.24, 2.45) is 17.8 Å². The number of carbonyl (C=O) groups is 2. The van der Waals surface area contributed by atoms with Crippen LogP contribution in [0.1, 0.15) is 29.4 Å². The molecule has 0 saturated carbocycles. The van der Waals surface area contributed by atoms with Gasteiger partial charge >= 0.3 is 0 Å². The molecule has 1 aliphatic heterocycles. The molecule has 0 spiro atoms. The number of likely N-dealkylation sites (N-methyl/N-ethyl adjacent to an activating group) is 1. The number of nitrogens with zero attached hydrogens (tertiary/aromatic N) is 2. The summed E-state index contributed by atoms with van der Waals surface area (Å²) in [6.45, 7) is 3.71. The number of benzene rings is 2. The highest BCUT2D eigenvalue weighted by molar-refractivity contribution is 5.93. The van der Waals surface area contributed by atoms with Crippen LogP contribution in [-0.4, -0.2) is 66.3 Å². The molecule has 4 atom stereocenters. The number of amides is 2. The summed E-state index contributed by atoms with van der Waals surface area (Å²) >= 11 is 0. The third kappa shape index (κ3) is 7.07. The molecule has 1 saturated heterocycles. The number of rotatable bonds is 10. The lowest BCUT2D eigenvalue weighted by atomic mass is 9.75. The molecule has 4 rings (SSSR count). The molecule has 10 heteroatoms. The van der Waals surface area contributed by atoms with E-state index in [1.165, 1.54) is 12.1 Å². The van der Waals surface area contributed by atoms with Gasteiger partial charge in [-0.1, -0.05) is 42.4 Å². The van der Waals surface area contributed by atoms with E-state index >= 15 is 0 Å². The minimum Gasteiger partial charge on any atom is -0.391 e. The van der Waals surface area contributed by atoms with Gasteiger partial charge < -0.3 is 25.2 Å². The number of hydrogen-bond donors (Lipinski definition) is 3. The first kappa shape index (κ1) is 28.4. The summed E-state index contributed by atoms with van der Waals surface area (Å²) in [6, 6.07) is 14.3. The average Bonchev–Trinajstić information content (AvgIpc) is 3.44. The van der Waals surface area contributed by atoms with E-state index in [0.717, 1.165) is 37.1 Å². The van der Waals surface area contributed by atoms with Gasteiger partial charge in [-0.3, -0.25) is 9.59 Å². The molecule has 1 aromatic heterocycles. The fourth-order valence-electron chi connectivity index (χ4n) is 5.07. The van der Waals surface area contributed by atoms with Crippen LogP contribution in [0.15, 0.2) is 59.1 Å². The van der Waals surface area contributed by atoms with Crippen molar-refractivity contribution >= 4 is 11.8 Å². The number of piperidine rings is 1. The maximum Gasteiger partial charge on any atom is 0.273 e. The molecule has 39 heavy (non-hydrogen) atoms. The van der Waals surface area contributed by atoms with Crippen LogP contribution in [0.2, 0.25) is 0 Å². The molecule has 8 nitrogen and oxygen atoms in total. The summed E-state index contributed by atoms with van der Waals surface area (Å²) in [5.74, 6) is -2.75. The van der Waals surface area contributed by atoms with Gasteiger partial charge in [0.15, 0.2) is 11.5 Å². The molecule has 1 aliphatic rings. The van der Waals surface area contributed by atoms with E-state index in [1.54, 1.807) is 4.90 Å². The summed E-state index contributed by atoms with van der Waals surface area (Å²) in [5, 5.41) is 20.5. The summed E-state index contributed by atoms with van der Waals surface area (Å²) in [4.78, 5) is 27.7. The van der Waals surface area contributed by atoms with Crippen LogP contribution in [-0.2, 0) is 11.2 Å². The number of halogens is 2. The van der Waals surface area contributed by atoms with Crippen molar-refractivity contribution in [3.05, 3.63) is 77.5 Å². The first-order valence-corrected chi connectivity index (χ1v) is 13.1. The molecule has 3 aromatic rings. The highest BCUT2D eigenvalue weighted by Crippen LogP contribution is 2.31. The predicted molar refractivity (Wildman–Crippen MR) is 142 cm³/mol. The van der Waals surface area contributed by atoms with E-state index in [0.29, 0.717) is 13.1 Å². The van der Waals surface area contributed by atoms with Crippen LogP contribution in [0.3, 0.4) is 0 Å². The molecule has 2 amide bonds. The van der Waals surface area contributed by atoms with E-state index in [2.05, 4.69) is 15.8 Å². The summed E-state index contributed by atoms with van der Waals surface area (Å²) in [5.41, 5.74) is 1.05. The number of carbonyl (C=O) groups excluding carboxylic acids is 2. The summed E-state index contributed by atoms with van der Waals surface area (Å²) in [7, 11) is 1.81. The maximum absolute atomic E-state index is 14.0. The van der Waals surface area contributed by atoms with Gasteiger partial charge in [-0.2, -0.15) is 0 Å². The van der Waals surface area contributed by atoms with Crippen molar-refractivity contribution in [3.8, 4) is 11.3 Å². The highest BCUT2D eigenvalue weighted by Gasteiger charge is 2.38. The molecular weight excluding hydrogens is 506 g/mol. The predicted octanol–water partition coefficient (Wildman–Crippen LogP) is 3.27. The Morgan fingerprint density at radius 1 is 1.21 bits per heavy atom. The largest absolute Gasteiger partial charge is 0.391 e. The molecule has 208 valence electrons. The fraction of sp³-hybridized carbons (Fsp3) is 0.414. The zero-order valence-electron chi connectivity index (χ0n) is 22.1. The van der Waals surface area contributed by atoms with Crippen molar-refractivity contribution in [2.75, 3.05) is 33.2 Å². The summed E-state index contributed by atoms with van der Waals surface area (Å²) < 4.78 is 32.3. The van der Waals surface area contributed by atoms with Gasteiger partial charge in [-0.05, 0) is 48.9 Å². The van der Waals surface area contributed by atoms with Gasteiger partial charge in [0.25, 0.3) is 5.91 Å². The van der Waals surface area contributed by atoms with Gasteiger partial charge in [-0.25, -0.2) is 8.78 Å². The maximum atomic E-state index is 14.0. The Hall–Kier alpha value is -3.63. The highest BCUT2D eigenvalue weighted by atomic mass is 19.1. The van der Waals surface area contributed by atoms with Crippen LogP contribution < -0.4 is 10.6 Å². The van der Waals surface area contributed by atoms with Crippen molar-refractivity contribution in [3.63, 3.8) is 0 Å². The molecule has 1 fully saturated rings. The smallest absolute Gasteiger partial charge is 0.273 e. The van der Waals surface area contributed by atoms with Crippen LogP contribution in [0, 0.1) is 29.4 Å². The topological polar surface area (TPSA) is 108 Å². The number of nitrogens with one attached hydrogen (secondary N) is 2. The third-order valence-electron chi connectivity index (χ3n) is 7.50. The Labute approximate surface area is 226 Å². The normalized spacial score (nSPS) is 18.8. The zero-order valence-corrected chi connectivity index (χ0v) is 22.1. The van der Waals surface area contributed by atoms with Gasteiger partial charge in [-0.15, -0.1) is 0 Å². The SMILES string of the molecule is C[C@H]([C@H]1CCNC[C@@H]1C(=O)N(C)CCc1ccccc1)[C@H](O)CNC(=O)c1cc(-c2ccc(F)cc2F)on1. The van der Waals surface area contributed by atoms with E-state index in [-0.39, 0.29) is 47.2 Å². The number of aromatic nitrogens is 1. The van der Waals surface area contributed by atoms with E-state index in [4.69, 9.17) is 4.52 Å².